The van der Waals surface area contributed by atoms with Crippen LogP contribution < -0.4 is 10.3 Å². The first-order valence-corrected chi connectivity index (χ1v) is 11.6. The molecule has 11 nitrogen and oxygen atoms in total. The van der Waals surface area contributed by atoms with Gasteiger partial charge in [-0.1, -0.05) is 5.10 Å². The Morgan fingerprint density at radius 2 is 1.86 bits per heavy atom. The van der Waals surface area contributed by atoms with Crippen LogP contribution in [0.15, 0.2) is 45.1 Å². The average Bonchev–Trinajstić information content (AvgIpc) is 3.18. The van der Waals surface area contributed by atoms with Crippen LogP contribution in [0.1, 0.15) is 31.1 Å². The Bertz CT molecular complexity index is 1480. The molecular weight excluding hydrogens is 471 g/mol. The predicted molar refractivity (Wildman–Crippen MR) is 129 cm³/mol. The van der Waals surface area contributed by atoms with Crippen LogP contribution >= 0.6 is 0 Å². The van der Waals surface area contributed by atoms with E-state index in [2.05, 4.69) is 4.98 Å². The predicted octanol–water partition coefficient (Wildman–Crippen LogP) is 1.80. The highest BCUT2D eigenvalue weighted by atomic mass is 19.1. The number of carbonyl (C=O) groups is 2. The van der Waals surface area contributed by atoms with Gasteiger partial charge >= 0.3 is 11.9 Å². The molecule has 5 heterocycles. The molecule has 0 bridgehead atoms. The number of aryl methyl sites for hydroxylation is 1. The Hall–Kier alpha value is -4.06. The summed E-state index contributed by atoms with van der Waals surface area (Å²) in [6.45, 7) is 8.17. The third kappa shape index (κ3) is 3.56. The average molecular weight is 498 g/mol. The number of rotatable bonds is 4. The second-order valence-electron chi connectivity index (χ2n) is 9.30. The summed E-state index contributed by atoms with van der Waals surface area (Å²) in [6.07, 6.45) is 3.08. The quantitative estimate of drug-likeness (QED) is 0.612. The minimum absolute atomic E-state index is 0.0769. The standard InChI is InChI=1S/C24H25FN6O5/c1-4-28-11-16(23(33)34)19(32)15-10-17(25)21(26-20(15)28)29-5-7-31(8-6-29)12-30-14(3)9-13(2)18(24(35)36)22(30)27-31/h9-11H,4-8,12H2,1-3H3,(H-,33,34,35,36)/p+1. The number of anilines is 1. The molecule has 0 unspecified atom stereocenters. The molecule has 36 heavy (non-hydrogen) atoms. The second-order valence-corrected chi connectivity index (χ2v) is 9.30. The maximum absolute atomic E-state index is 15.2. The number of fused-ring (bicyclic) bond motifs is 2. The summed E-state index contributed by atoms with van der Waals surface area (Å²) >= 11 is 0. The third-order valence-electron chi connectivity index (χ3n) is 7.08. The molecule has 2 N–H and O–H groups in total. The molecule has 3 aliphatic rings. The smallest absolute Gasteiger partial charge is 0.341 e. The Labute approximate surface area is 205 Å². The summed E-state index contributed by atoms with van der Waals surface area (Å²) in [7, 11) is 0. The number of hydrogen-bond acceptors (Lipinski definition) is 7. The number of aromatic carboxylic acids is 1. The summed E-state index contributed by atoms with van der Waals surface area (Å²) in [5.74, 6) is -2.55. The van der Waals surface area contributed by atoms with Crippen molar-refractivity contribution in [3.63, 3.8) is 0 Å². The minimum Gasteiger partial charge on any atom is -0.478 e. The van der Waals surface area contributed by atoms with Gasteiger partial charge in [0.15, 0.2) is 18.3 Å². The van der Waals surface area contributed by atoms with E-state index >= 15 is 4.39 Å². The van der Waals surface area contributed by atoms with E-state index in [0.717, 1.165) is 11.8 Å². The molecule has 5 rings (SSSR count). The molecule has 0 aliphatic carbocycles. The number of pyridine rings is 2. The number of hydrogen-bond donors (Lipinski definition) is 2. The molecule has 0 radical (unpaired) electrons. The van der Waals surface area contributed by atoms with E-state index in [9.17, 15) is 24.6 Å². The van der Waals surface area contributed by atoms with E-state index in [1.807, 2.05) is 17.9 Å². The number of halogens is 1. The van der Waals surface area contributed by atoms with Crippen molar-refractivity contribution in [2.45, 2.75) is 27.3 Å². The van der Waals surface area contributed by atoms with Gasteiger partial charge in [0, 0.05) is 18.4 Å². The number of nitrogens with zero attached hydrogens (tertiary/aromatic N) is 6. The number of allylic oxidation sites excluding steroid dienone is 3. The lowest BCUT2D eigenvalue weighted by atomic mass is 10.0. The van der Waals surface area contributed by atoms with Crippen molar-refractivity contribution in [3.05, 3.63) is 56.8 Å². The molecule has 12 heteroatoms. The molecule has 2 aromatic heterocycles. The first-order chi connectivity index (χ1) is 17.0. The van der Waals surface area contributed by atoms with E-state index in [-0.39, 0.29) is 22.4 Å². The second kappa shape index (κ2) is 8.26. The van der Waals surface area contributed by atoms with Crippen molar-refractivity contribution < 1.29 is 28.8 Å². The van der Waals surface area contributed by atoms with Crippen LogP contribution in [0.25, 0.3) is 11.0 Å². The van der Waals surface area contributed by atoms with Crippen LogP contribution in [0.5, 0.6) is 0 Å². The number of amidine groups is 1. The molecule has 0 saturated carbocycles. The zero-order valence-electron chi connectivity index (χ0n) is 20.2. The Morgan fingerprint density at radius 3 is 2.47 bits per heavy atom. The van der Waals surface area contributed by atoms with Crippen LogP contribution in [0.4, 0.5) is 10.2 Å². The summed E-state index contributed by atoms with van der Waals surface area (Å²) in [6, 6.07) is 1.06. The number of aliphatic carboxylic acids is 1. The zero-order chi connectivity index (χ0) is 25.9. The topological polar surface area (TPSA) is 128 Å². The van der Waals surface area contributed by atoms with Crippen molar-refractivity contribution in [2.75, 3.05) is 37.7 Å². The number of aromatic nitrogens is 2. The van der Waals surface area contributed by atoms with Crippen molar-refractivity contribution in [1.29, 1.82) is 0 Å². The monoisotopic (exact) mass is 497 g/mol. The molecule has 1 saturated heterocycles. The molecule has 0 aromatic carbocycles. The fraction of sp³-hybridized carbons (Fsp3) is 0.375. The maximum atomic E-state index is 15.2. The molecule has 3 aliphatic heterocycles. The highest BCUT2D eigenvalue weighted by molar-refractivity contribution is 6.20. The van der Waals surface area contributed by atoms with Gasteiger partial charge in [0.25, 0.3) is 0 Å². The number of piperazine rings is 1. The third-order valence-corrected chi connectivity index (χ3v) is 7.08. The Kier molecular flexibility index (Phi) is 5.43. The highest BCUT2D eigenvalue weighted by Gasteiger charge is 2.46. The van der Waals surface area contributed by atoms with Gasteiger partial charge in [-0.2, -0.15) is 4.59 Å². The van der Waals surface area contributed by atoms with Gasteiger partial charge in [-0.25, -0.2) is 19.0 Å². The van der Waals surface area contributed by atoms with Gasteiger partial charge in [0.1, 0.15) is 29.9 Å². The first kappa shape index (κ1) is 23.7. The van der Waals surface area contributed by atoms with E-state index < -0.39 is 28.7 Å². The van der Waals surface area contributed by atoms with Crippen LogP contribution in [0, 0.1) is 5.82 Å². The zero-order valence-corrected chi connectivity index (χ0v) is 20.2. The Balaban J connectivity index is 1.46. The summed E-state index contributed by atoms with van der Waals surface area (Å²) < 4.78 is 17.0. The molecule has 0 atom stereocenters. The number of quaternary nitrogens is 1. The highest BCUT2D eigenvalue weighted by Crippen LogP contribution is 2.33. The summed E-state index contributed by atoms with van der Waals surface area (Å²) in [5.41, 5.74) is 0.803. The lowest BCUT2D eigenvalue weighted by molar-refractivity contribution is -0.935. The SMILES string of the molecule is CCn1cc(C(=O)O)c(=O)c2cc(F)c(N3CC[N+]4(CC3)CN3C(C)=CC(C)=C(C(=O)O)C3=N4)nc21. The fourth-order valence-corrected chi connectivity index (χ4v) is 5.17. The van der Waals surface area contributed by atoms with Crippen LogP contribution in [-0.2, 0) is 11.3 Å². The van der Waals surface area contributed by atoms with Crippen molar-refractivity contribution in [2.24, 2.45) is 5.10 Å². The van der Waals surface area contributed by atoms with E-state index in [1.165, 1.54) is 10.8 Å². The van der Waals surface area contributed by atoms with Gasteiger partial charge in [0.2, 0.25) is 11.3 Å². The lowest BCUT2D eigenvalue weighted by Crippen LogP contribution is -2.57. The van der Waals surface area contributed by atoms with Crippen LogP contribution in [0.3, 0.4) is 0 Å². The van der Waals surface area contributed by atoms with Crippen molar-refractivity contribution >= 4 is 34.6 Å². The molecular formula is C24H26FN6O5+. The maximum Gasteiger partial charge on any atom is 0.341 e. The first-order valence-electron chi connectivity index (χ1n) is 11.6. The number of carboxylic acids is 2. The normalized spacial score (nSPS) is 19.0. The van der Waals surface area contributed by atoms with Crippen molar-refractivity contribution in [3.8, 4) is 0 Å². The van der Waals surface area contributed by atoms with Gasteiger partial charge in [-0.3, -0.25) is 9.69 Å². The Morgan fingerprint density at radius 1 is 1.17 bits per heavy atom. The lowest BCUT2D eigenvalue weighted by Gasteiger charge is -2.38. The molecule has 0 amide bonds. The molecule has 2 aromatic rings. The number of carboxylic acid groups (broad SMARTS) is 2. The molecule has 1 spiro atoms. The van der Waals surface area contributed by atoms with Crippen LogP contribution in [-0.4, -0.2) is 79.9 Å². The minimum atomic E-state index is -1.37. The largest absolute Gasteiger partial charge is 0.478 e. The van der Waals surface area contributed by atoms with Gasteiger partial charge in [-0.15, -0.1) is 0 Å². The fourth-order valence-electron chi connectivity index (χ4n) is 5.17. The molecule has 188 valence electrons. The van der Waals surface area contributed by atoms with Gasteiger partial charge < -0.3 is 19.7 Å². The van der Waals surface area contributed by atoms with E-state index in [0.29, 0.717) is 55.4 Å². The van der Waals surface area contributed by atoms with E-state index in [1.54, 1.807) is 18.7 Å². The van der Waals surface area contributed by atoms with E-state index in [4.69, 9.17) is 5.10 Å². The van der Waals surface area contributed by atoms with Crippen LogP contribution in [0.2, 0.25) is 0 Å². The van der Waals surface area contributed by atoms with Crippen molar-refractivity contribution in [1.82, 2.24) is 14.5 Å². The summed E-state index contributed by atoms with van der Waals surface area (Å²) in [4.78, 5) is 44.1. The molecule has 1 fully saturated rings. The van der Waals surface area contributed by atoms with Gasteiger partial charge in [-0.05, 0) is 38.5 Å². The summed E-state index contributed by atoms with van der Waals surface area (Å²) in [5, 5.41) is 23.8. The van der Waals surface area contributed by atoms with Gasteiger partial charge in [0.05, 0.1) is 18.5 Å².